The Hall–Kier alpha value is -2.81. The van der Waals surface area contributed by atoms with Crippen molar-refractivity contribution >= 4 is 33.2 Å². The fourth-order valence-electron chi connectivity index (χ4n) is 3.15. The summed E-state index contributed by atoms with van der Waals surface area (Å²) in [5.41, 5.74) is 2.40. The summed E-state index contributed by atoms with van der Waals surface area (Å²) in [7, 11) is 0.234. The van der Waals surface area contributed by atoms with Crippen molar-refractivity contribution in [2.45, 2.75) is 14.8 Å². The van der Waals surface area contributed by atoms with Crippen LogP contribution in [-0.2, 0) is 16.9 Å². The minimum Gasteiger partial charge on any atom is -0.481 e. The summed E-state index contributed by atoms with van der Waals surface area (Å²) in [6.07, 6.45) is 2.91. The van der Waals surface area contributed by atoms with Gasteiger partial charge in [0, 0.05) is 46.6 Å². The van der Waals surface area contributed by atoms with Gasteiger partial charge in [-0.25, -0.2) is 18.4 Å². The first-order valence-electron chi connectivity index (χ1n) is 9.57. The second-order valence-corrected chi connectivity index (χ2v) is 10.6. The zero-order chi connectivity index (χ0) is 22.9. The summed E-state index contributed by atoms with van der Waals surface area (Å²) in [5.74, 6) is 1.26. The number of pyridine rings is 1. The molecule has 0 aliphatic carbocycles. The third-order valence-corrected chi connectivity index (χ3v) is 7.38. The molecule has 0 radical (unpaired) electrons. The van der Waals surface area contributed by atoms with Gasteiger partial charge in [-0.1, -0.05) is 35.5 Å². The molecule has 0 amide bonds. The maximum atomic E-state index is 11.9. The maximum absolute atomic E-state index is 11.9. The van der Waals surface area contributed by atoms with E-state index in [9.17, 15) is 8.42 Å². The van der Waals surface area contributed by atoms with Crippen LogP contribution in [0.3, 0.4) is 0 Å². The first-order valence-corrected chi connectivity index (χ1v) is 12.7. The zero-order valence-electron chi connectivity index (χ0n) is 17.6. The van der Waals surface area contributed by atoms with Crippen molar-refractivity contribution in [3.8, 4) is 28.5 Å². The van der Waals surface area contributed by atoms with Gasteiger partial charge in [-0.2, -0.15) is 0 Å². The van der Waals surface area contributed by atoms with Crippen molar-refractivity contribution in [3.63, 3.8) is 0 Å². The van der Waals surface area contributed by atoms with Gasteiger partial charge in [0.1, 0.15) is 16.5 Å². The number of methoxy groups -OCH3 is 1. The Labute approximate surface area is 196 Å². The average molecular weight is 486 g/mol. The van der Waals surface area contributed by atoms with Crippen molar-refractivity contribution in [2.75, 3.05) is 13.4 Å². The Morgan fingerprint density at radius 1 is 0.969 bits per heavy atom. The summed E-state index contributed by atoms with van der Waals surface area (Å²) >= 11 is 7.60. The molecule has 0 unspecified atom stereocenters. The van der Waals surface area contributed by atoms with E-state index in [2.05, 4.69) is 4.98 Å². The number of benzene rings is 2. The van der Waals surface area contributed by atoms with Crippen LogP contribution < -0.4 is 4.74 Å². The molecule has 164 valence electrons. The van der Waals surface area contributed by atoms with Crippen molar-refractivity contribution in [1.29, 1.82) is 0 Å². The van der Waals surface area contributed by atoms with Crippen molar-refractivity contribution in [3.05, 3.63) is 71.9 Å². The Morgan fingerprint density at radius 3 is 2.19 bits per heavy atom. The van der Waals surface area contributed by atoms with Crippen LogP contribution in [0.4, 0.5) is 0 Å². The van der Waals surface area contributed by atoms with Crippen molar-refractivity contribution in [2.24, 2.45) is 7.05 Å². The summed E-state index contributed by atoms with van der Waals surface area (Å²) in [4.78, 5) is 10.5. The molecule has 0 aliphatic heterocycles. The quantitative estimate of drug-likeness (QED) is 0.365. The van der Waals surface area contributed by atoms with Gasteiger partial charge >= 0.3 is 0 Å². The molecule has 2 heterocycles. The van der Waals surface area contributed by atoms with Crippen LogP contribution in [-0.4, -0.2) is 36.3 Å². The molecule has 2 aromatic carbocycles. The number of hydrogen-bond acceptors (Lipinski definition) is 6. The number of imidazole rings is 1. The van der Waals surface area contributed by atoms with E-state index in [1.54, 1.807) is 55.4 Å². The van der Waals surface area contributed by atoms with E-state index in [0.29, 0.717) is 10.9 Å². The van der Waals surface area contributed by atoms with Gasteiger partial charge < -0.3 is 9.30 Å². The van der Waals surface area contributed by atoms with Gasteiger partial charge in [-0.3, -0.25) is 0 Å². The summed E-state index contributed by atoms with van der Waals surface area (Å²) < 4.78 is 30.9. The van der Waals surface area contributed by atoms with Gasteiger partial charge in [-0.05, 0) is 42.5 Å². The summed E-state index contributed by atoms with van der Waals surface area (Å²) in [6.45, 7) is 0. The first-order chi connectivity index (χ1) is 15.3. The van der Waals surface area contributed by atoms with E-state index in [0.717, 1.165) is 32.6 Å². The van der Waals surface area contributed by atoms with E-state index < -0.39 is 9.84 Å². The highest BCUT2D eigenvalue weighted by molar-refractivity contribution is 7.99. The van der Waals surface area contributed by atoms with Gasteiger partial charge in [0.05, 0.1) is 12.0 Å². The van der Waals surface area contributed by atoms with Crippen LogP contribution >= 0.6 is 23.4 Å². The van der Waals surface area contributed by atoms with E-state index in [1.807, 2.05) is 41.9 Å². The van der Waals surface area contributed by atoms with Crippen LogP contribution in [0.1, 0.15) is 0 Å². The SMILES string of the molecule is COc1ccc(-c2nc(-c3ccc(S(C)(=O)=O)cc3)c(Sc3ccc(Cl)cc3)n2C)cn1. The number of sulfone groups is 1. The molecule has 0 fully saturated rings. The molecule has 2 aromatic heterocycles. The largest absolute Gasteiger partial charge is 0.481 e. The highest BCUT2D eigenvalue weighted by Gasteiger charge is 2.20. The monoisotopic (exact) mass is 485 g/mol. The Morgan fingerprint density at radius 2 is 1.62 bits per heavy atom. The number of hydrogen-bond donors (Lipinski definition) is 0. The molecule has 9 heteroatoms. The molecule has 4 aromatic rings. The topological polar surface area (TPSA) is 74.1 Å². The van der Waals surface area contributed by atoms with Crippen LogP contribution in [0.25, 0.3) is 22.6 Å². The molecule has 0 saturated heterocycles. The predicted octanol–water partition coefficient (Wildman–Crippen LogP) is 5.37. The highest BCUT2D eigenvalue weighted by atomic mass is 35.5. The molecule has 0 saturated carbocycles. The molecular formula is C23H20ClN3O3S2. The highest BCUT2D eigenvalue weighted by Crippen LogP contribution is 2.39. The van der Waals surface area contributed by atoms with Gasteiger partial charge in [-0.15, -0.1) is 0 Å². The molecule has 4 rings (SSSR count). The second-order valence-electron chi connectivity index (χ2n) is 7.09. The third kappa shape index (κ3) is 4.67. The van der Waals surface area contributed by atoms with Gasteiger partial charge in [0.25, 0.3) is 0 Å². The third-order valence-electron chi connectivity index (χ3n) is 4.83. The number of halogens is 1. The number of ether oxygens (including phenoxy) is 1. The summed E-state index contributed by atoms with van der Waals surface area (Å²) in [6, 6.07) is 18.0. The first kappa shape index (κ1) is 22.4. The lowest BCUT2D eigenvalue weighted by atomic mass is 10.2. The zero-order valence-corrected chi connectivity index (χ0v) is 20.0. The molecule has 0 N–H and O–H groups in total. The number of nitrogens with zero attached hydrogens (tertiary/aromatic N) is 3. The van der Waals surface area contributed by atoms with E-state index >= 15 is 0 Å². The molecular weight excluding hydrogens is 466 g/mol. The Bertz CT molecular complexity index is 1350. The second kappa shape index (κ2) is 8.97. The molecule has 6 nitrogen and oxygen atoms in total. The van der Waals surface area contributed by atoms with Gasteiger partial charge in [0.15, 0.2) is 9.84 Å². The van der Waals surface area contributed by atoms with E-state index in [4.69, 9.17) is 21.3 Å². The van der Waals surface area contributed by atoms with E-state index in [1.165, 1.54) is 6.26 Å². The van der Waals surface area contributed by atoms with Crippen molar-refractivity contribution in [1.82, 2.24) is 14.5 Å². The lowest BCUT2D eigenvalue weighted by Crippen LogP contribution is -1.96. The molecule has 0 aliphatic rings. The number of rotatable bonds is 6. The lowest BCUT2D eigenvalue weighted by molar-refractivity contribution is 0.398. The normalized spacial score (nSPS) is 11.5. The van der Waals surface area contributed by atoms with Crippen molar-refractivity contribution < 1.29 is 13.2 Å². The predicted molar refractivity (Wildman–Crippen MR) is 127 cm³/mol. The Balaban J connectivity index is 1.83. The molecule has 0 bridgehead atoms. The smallest absolute Gasteiger partial charge is 0.212 e. The summed E-state index contributed by atoms with van der Waals surface area (Å²) in [5, 5.41) is 1.58. The fraction of sp³-hybridized carbons (Fsp3) is 0.130. The standard InChI is InChI=1S/C23H20ClN3O3S2/c1-27-22(16-6-13-20(30-2)25-14-16)26-21(15-4-11-19(12-5-15)32(3,28)29)23(27)31-18-9-7-17(24)8-10-18/h4-14H,1-3H3. The van der Waals surface area contributed by atoms with Crippen LogP contribution in [0.2, 0.25) is 5.02 Å². The van der Waals surface area contributed by atoms with E-state index in [-0.39, 0.29) is 4.90 Å². The van der Waals surface area contributed by atoms with Crippen LogP contribution in [0, 0.1) is 0 Å². The Kier molecular flexibility index (Phi) is 6.28. The minimum atomic E-state index is -3.28. The minimum absolute atomic E-state index is 0.267. The molecule has 0 atom stereocenters. The molecule has 0 spiro atoms. The molecule has 32 heavy (non-hydrogen) atoms. The van der Waals surface area contributed by atoms with Gasteiger partial charge in [0.2, 0.25) is 5.88 Å². The maximum Gasteiger partial charge on any atom is 0.212 e. The van der Waals surface area contributed by atoms with Crippen LogP contribution in [0.15, 0.2) is 81.7 Å². The number of aromatic nitrogens is 3. The fourth-order valence-corrected chi connectivity index (χ4v) is 4.89. The average Bonchev–Trinajstić information content (AvgIpc) is 3.11. The van der Waals surface area contributed by atoms with Crippen LogP contribution in [0.5, 0.6) is 5.88 Å². The lowest BCUT2D eigenvalue weighted by Gasteiger charge is -2.08.